The van der Waals surface area contributed by atoms with Gasteiger partial charge in [-0.3, -0.25) is 9.48 Å². The fourth-order valence-corrected chi connectivity index (χ4v) is 1.36. The van der Waals surface area contributed by atoms with Crippen molar-refractivity contribution in [2.45, 2.75) is 32.7 Å². The minimum Gasteiger partial charge on any atom is -0.377 e. The van der Waals surface area contributed by atoms with E-state index in [1.807, 2.05) is 4.68 Å². The smallest absolute Gasteiger partial charge is 0.158 e. The molecule has 0 atom stereocenters. The van der Waals surface area contributed by atoms with Gasteiger partial charge in [-0.05, 0) is 6.42 Å². The van der Waals surface area contributed by atoms with E-state index in [0.29, 0.717) is 12.8 Å². The summed E-state index contributed by atoms with van der Waals surface area (Å²) in [6, 6.07) is 0. The highest BCUT2D eigenvalue weighted by atomic mass is 16.5. The number of ether oxygens (including phenoxy) is 1. The molecular weight excluding hydrogens is 194 g/mol. The number of rotatable bonds is 7. The van der Waals surface area contributed by atoms with Crippen LogP contribution in [0.25, 0.3) is 0 Å². The summed E-state index contributed by atoms with van der Waals surface area (Å²) in [7, 11) is 1.53. The van der Waals surface area contributed by atoms with Crippen LogP contribution in [0.1, 0.15) is 25.6 Å². The molecule has 15 heavy (non-hydrogen) atoms. The predicted octanol–water partition coefficient (Wildman–Crippen LogP) is 0.836. The van der Waals surface area contributed by atoms with Gasteiger partial charge in [0.15, 0.2) is 5.78 Å². The van der Waals surface area contributed by atoms with Crippen molar-refractivity contribution in [3.05, 3.63) is 12.2 Å². The van der Waals surface area contributed by atoms with Crippen molar-refractivity contribution < 1.29 is 9.53 Å². The number of methoxy groups -OCH3 is 1. The summed E-state index contributed by atoms with van der Waals surface area (Å²) in [6.45, 7) is 3.12. The van der Waals surface area contributed by atoms with Crippen LogP contribution in [0.5, 0.6) is 0 Å². The number of ketones is 1. The van der Waals surface area contributed by atoms with Crippen LogP contribution >= 0.6 is 0 Å². The van der Waals surface area contributed by atoms with E-state index in [1.54, 1.807) is 0 Å². The lowest BCUT2D eigenvalue weighted by Crippen LogP contribution is -2.11. The number of hydrogen-bond acceptors (Lipinski definition) is 4. The zero-order valence-electron chi connectivity index (χ0n) is 9.27. The lowest BCUT2D eigenvalue weighted by molar-refractivity contribution is -0.122. The maximum Gasteiger partial charge on any atom is 0.158 e. The third-order valence-electron chi connectivity index (χ3n) is 2.06. The summed E-state index contributed by atoms with van der Waals surface area (Å²) in [4.78, 5) is 15.4. The quantitative estimate of drug-likeness (QED) is 0.670. The van der Waals surface area contributed by atoms with Gasteiger partial charge in [-0.1, -0.05) is 6.92 Å². The van der Waals surface area contributed by atoms with Crippen LogP contribution in [0.15, 0.2) is 6.33 Å². The second-order valence-corrected chi connectivity index (χ2v) is 3.37. The van der Waals surface area contributed by atoms with Crippen LogP contribution in [0, 0.1) is 0 Å². The number of aryl methyl sites for hydroxylation is 2. The van der Waals surface area contributed by atoms with Crippen molar-refractivity contribution in [3.63, 3.8) is 0 Å². The lowest BCUT2D eigenvalue weighted by Gasteiger charge is -2.03. The lowest BCUT2D eigenvalue weighted by atomic mass is 10.2. The Morgan fingerprint density at radius 2 is 2.40 bits per heavy atom. The topological polar surface area (TPSA) is 57.0 Å². The van der Waals surface area contributed by atoms with E-state index in [2.05, 4.69) is 17.0 Å². The van der Waals surface area contributed by atoms with Gasteiger partial charge in [-0.25, -0.2) is 4.98 Å². The third-order valence-corrected chi connectivity index (χ3v) is 2.06. The van der Waals surface area contributed by atoms with Gasteiger partial charge in [0.2, 0.25) is 0 Å². The standard InChI is InChI=1S/C10H17N3O2/c1-3-6-13-10(11-8-12-13)5-4-9(14)7-15-2/h8H,3-7H2,1-2H3. The number of nitrogens with zero attached hydrogens (tertiary/aromatic N) is 3. The Kier molecular flexibility index (Phi) is 4.97. The molecule has 0 fully saturated rings. The number of carbonyl (C=O) groups is 1. The molecule has 84 valence electrons. The maximum absolute atomic E-state index is 11.2. The van der Waals surface area contributed by atoms with Crippen molar-refractivity contribution in [2.24, 2.45) is 0 Å². The molecule has 0 spiro atoms. The van der Waals surface area contributed by atoms with E-state index < -0.39 is 0 Å². The van der Waals surface area contributed by atoms with Gasteiger partial charge >= 0.3 is 0 Å². The first-order chi connectivity index (χ1) is 7.27. The molecule has 0 aliphatic carbocycles. The molecule has 0 bridgehead atoms. The normalized spacial score (nSPS) is 10.5. The fourth-order valence-electron chi connectivity index (χ4n) is 1.36. The minimum absolute atomic E-state index is 0.101. The van der Waals surface area contributed by atoms with Crippen molar-refractivity contribution in [1.29, 1.82) is 0 Å². The summed E-state index contributed by atoms with van der Waals surface area (Å²) < 4.78 is 6.61. The van der Waals surface area contributed by atoms with Gasteiger partial charge in [0, 0.05) is 26.5 Å². The Labute approximate surface area is 89.5 Å². The highest BCUT2D eigenvalue weighted by Crippen LogP contribution is 2.00. The molecule has 0 aliphatic heterocycles. The monoisotopic (exact) mass is 211 g/mol. The van der Waals surface area contributed by atoms with Crippen molar-refractivity contribution in [2.75, 3.05) is 13.7 Å². The molecular formula is C10H17N3O2. The van der Waals surface area contributed by atoms with Gasteiger partial charge in [0.1, 0.15) is 18.8 Å². The number of aromatic nitrogens is 3. The van der Waals surface area contributed by atoms with Crippen molar-refractivity contribution in [1.82, 2.24) is 14.8 Å². The molecule has 5 nitrogen and oxygen atoms in total. The molecule has 0 N–H and O–H groups in total. The van der Waals surface area contributed by atoms with Crippen molar-refractivity contribution in [3.8, 4) is 0 Å². The van der Waals surface area contributed by atoms with Gasteiger partial charge in [-0.2, -0.15) is 5.10 Å². The maximum atomic E-state index is 11.2. The first-order valence-corrected chi connectivity index (χ1v) is 5.15. The molecule has 0 amide bonds. The van der Waals surface area contributed by atoms with Gasteiger partial charge in [0.05, 0.1) is 0 Å². The Hall–Kier alpha value is -1.23. The highest BCUT2D eigenvalue weighted by Gasteiger charge is 2.07. The molecule has 0 aliphatic rings. The Bertz CT molecular complexity index is 309. The van der Waals surface area contributed by atoms with Crippen LogP contribution in [0.4, 0.5) is 0 Å². The summed E-state index contributed by atoms with van der Waals surface area (Å²) in [5.41, 5.74) is 0. The minimum atomic E-state index is 0.101. The highest BCUT2D eigenvalue weighted by molar-refractivity contribution is 5.79. The predicted molar refractivity (Wildman–Crippen MR) is 55.5 cm³/mol. The average molecular weight is 211 g/mol. The summed E-state index contributed by atoms with van der Waals surface area (Å²) in [5.74, 6) is 0.977. The SMILES string of the molecule is CCCn1ncnc1CCC(=O)COC. The number of carbonyl (C=O) groups excluding carboxylic acids is 1. The van der Waals surface area contributed by atoms with Crippen LogP contribution in [0.3, 0.4) is 0 Å². The largest absolute Gasteiger partial charge is 0.377 e. The molecule has 1 rings (SSSR count). The van der Waals surface area contributed by atoms with Gasteiger partial charge < -0.3 is 4.74 Å². The van der Waals surface area contributed by atoms with Crippen molar-refractivity contribution >= 4 is 5.78 Å². The van der Waals surface area contributed by atoms with E-state index in [0.717, 1.165) is 18.8 Å². The molecule has 0 saturated heterocycles. The van der Waals surface area contributed by atoms with E-state index in [4.69, 9.17) is 4.74 Å². The summed E-state index contributed by atoms with van der Waals surface area (Å²) in [5, 5.41) is 4.09. The Morgan fingerprint density at radius 1 is 1.60 bits per heavy atom. The molecule has 0 saturated carbocycles. The summed E-state index contributed by atoms with van der Waals surface area (Å²) in [6.07, 6.45) is 3.66. The van der Waals surface area contributed by atoms with E-state index in [1.165, 1.54) is 13.4 Å². The average Bonchev–Trinajstić information content (AvgIpc) is 2.64. The second kappa shape index (κ2) is 6.29. The van der Waals surface area contributed by atoms with E-state index in [-0.39, 0.29) is 12.4 Å². The second-order valence-electron chi connectivity index (χ2n) is 3.37. The number of hydrogen-bond donors (Lipinski definition) is 0. The van der Waals surface area contributed by atoms with Gasteiger partial charge in [-0.15, -0.1) is 0 Å². The Balaban J connectivity index is 2.42. The first-order valence-electron chi connectivity index (χ1n) is 5.15. The van der Waals surface area contributed by atoms with E-state index in [9.17, 15) is 4.79 Å². The van der Waals surface area contributed by atoms with Gasteiger partial charge in [0.25, 0.3) is 0 Å². The molecule has 0 radical (unpaired) electrons. The zero-order chi connectivity index (χ0) is 11.1. The van der Waals surface area contributed by atoms with E-state index >= 15 is 0 Å². The zero-order valence-corrected chi connectivity index (χ0v) is 9.27. The summed E-state index contributed by atoms with van der Waals surface area (Å²) >= 11 is 0. The number of Topliss-reactive ketones (excluding diaryl/α,β-unsaturated/α-hetero) is 1. The van der Waals surface area contributed by atoms with Crippen LogP contribution in [0.2, 0.25) is 0 Å². The molecule has 1 heterocycles. The Morgan fingerprint density at radius 3 is 3.07 bits per heavy atom. The molecule has 1 aromatic rings. The molecule has 0 aromatic carbocycles. The molecule has 1 aromatic heterocycles. The molecule has 5 heteroatoms. The third kappa shape index (κ3) is 3.79. The van der Waals surface area contributed by atoms with Crippen LogP contribution in [-0.2, 0) is 22.5 Å². The molecule has 0 unspecified atom stereocenters. The first kappa shape index (κ1) is 11.8. The van der Waals surface area contributed by atoms with Crippen LogP contribution < -0.4 is 0 Å². The fraction of sp³-hybridized carbons (Fsp3) is 0.700. The van der Waals surface area contributed by atoms with Crippen LogP contribution in [-0.4, -0.2) is 34.3 Å².